The molecule has 2 aliphatic rings. The highest BCUT2D eigenvalue weighted by Gasteiger charge is 2.25. The van der Waals surface area contributed by atoms with E-state index < -0.39 is 17.5 Å². The number of likely N-dealkylation sites (tertiary alicyclic amines) is 1. The van der Waals surface area contributed by atoms with Gasteiger partial charge in [0.1, 0.15) is 11.6 Å². The molecule has 0 spiro atoms. The van der Waals surface area contributed by atoms with Gasteiger partial charge in [-0.2, -0.15) is 0 Å². The number of amides is 2. The predicted molar refractivity (Wildman–Crippen MR) is 124 cm³/mol. The summed E-state index contributed by atoms with van der Waals surface area (Å²) >= 11 is 0. The van der Waals surface area contributed by atoms with Gasteiger partial charge in [-0.1, -0.05) is 12.1 Å². The van der Waals surface area contributed by atoms with Crippen LogP contribution >= 0.6 is 0 Å². The number of nitrogens with zero attached hydrogens (tertiary/aromatic N) is 2. The van der Waals surface area contributed by atoms with Crippen LogP contribution in [0.15, 0.2) is 42.5 Å². The summed E-state index contributed by atoms with van der Waals surface area (Å²) in [5.74, 6) is -2.19. The minimum absolute atomic E-state index is 0.0768. The third kappa shape index (κ3) is 5.87. The number of para-hydroxylation sites is 1. The average molecular weight is 457 g/mol. The third-order valence-electron chi connectivity index (χ3n) is 6.41. The molecule has 8 heteroatoms. The Bertz CT molecular complexity index is 986. The molecular weight excluding hydrogens is 426 g/mol. The van der Waals surface area contributed by atoms with Crippen molar-refractivity contribution in [3.63, 3.8) is 0 Å². The van der Waals surface area contributed by atoms with Gasteiger partial charge in [0.25, 0.3) is 11.8 Å². The van der Waals surface area contributed by atoms with Crippen molar-refractivity contribution in [1.29, 1.82) is 0 Å². The molecule has 2 aromatic carbocycles. The predicted octanol–water partition coefficient (Wildman–Crippen LogP) is 3.19. The van der Waals surface area contributed by atoms with E-state index in [0.717, 1.165) is 37.5 Å². The summed E-state index contributed by atoms with van der Waals surface area (Å²) < 4.78 is 27.0. The quantitative estimate of drug-likeness (QED) is 0.672. The zero-order chi connectivity index (χ0) is 23.2. The maximum Gasteiger partial charge on any atom is 0.254 e. The van der Waals surface area contributed by atoms with Gasteiger partial charge < -0.3 is 20.4 Å². The van der Waals surface area contributed by atoms with E-state index in [1.165, 1.54) is 12.8 Å². The smallest absolute Gasteiger partial charge is 0.254 e. The lowest BCUT2D eigenvalue weighted by Gasteiger charge is -2.35. The fourth-order valence-electron chi connectivity index (χ4n) is 4.57. The van der Waals surface area contributed by atoms with E-state index >= 15 is 0 Å². The summed E-state index contributed by atoms with van der Waals surface area (Å²) in [5.41, 5.74) is 1.37. The molecule has 4 rings (SSSR count). The summed E-state index contributed by atoms with van der Waals surface area (Å²) in [6, 6.07) is 10.4. The van der Waals surface area contributed by atoms with Crippen molar-refractivity contribution in [3.8, 4) is 0 Å². The molecule has 6 nitrogen and oxygen atoms in total. The van der Waals surface area contributed by atoms with E-state index in [2.05, 4.69) is 20.4 Å². The van der Waals surface area contributed by atoms with Crippen molar-refractivity contribution in [2.24, 2.45) is 0 Å². The molecule has 0 aromatic heterocycles. The molecule has 0 saturated carbocycles. The minimum atomic E-state index is -0.866. The van der Waals surface area contributed by atoms with Gasteiger partial charge in [-0.3, -0.25) is 9.59 Å². The van der Waals surface area contributed by atoms with E-state index in [9.17, 15) is 18.4 Å². The first kappa shape index (κ1) is 23.2. The largest absolute Gasteiger partial charge is 0.371 e. The number of hydrogen-bond donors (Lipinski definition) is 2. The first-order chi connectivity index (χ1) is 16.0. The van der Waals surface area contributed by atoms with Crippen molar-refractivity contribution in [1.82, 2.24) is 15.5 Å². The molecule has 0 aliphatic carbocycles. The Morgan fingerprint density at radius 2 is 1.64 bits per heavy atom. The Hall–Kier alpha value is -3.00. The Labute approximate surface area is 192 Å². The first-order valence-electron chi connectivity index (χ1n) is 11.6. The van der Waals surface area contributed by atoms with E-state index in [0.29, 0.717) is 44.1 Å². The van der Waals surface area contributed by atoms with E-state index in [1.54, 1.807) is 0 Å². The fourth-order valence-corrected chi connectivity index (χ4v) is 4.57. The van der Waals surface area contributed by atoms with Gasteiger partial charge in [0, 0.05) is 44.0 Å². The second kappa shape index (κ2) is 10.7. The van der Waals surface area contributed by atoms with Crippen LogP contribution in [0, 0.1) is 11.6 Å². The number of piperidine rings is 1. The number of rotatable bonds is 7. The lowest BCUT2D eigenvalue weighted by Crippen LogP contribution is -2.45. The standard InChI is InChI=1S/C25H30F2N4O2/c26-18-7-8-20(22(27)17-18)25(33)29-19-9-14-31(15-10-19)23-6-2-1-5-21(23)24(32)28-11-16-30-12-3-4-13-30/h1-2,5-8,17,19H,3-4,9-16H2,(H,28,32)(H,29,33). The number of carbonyl (C=O) groups is 2. The molecule has 0 unspecified atom stereocenters. The van der Waals surface area contributed by atoms with Gasteiger partial charge >= 0.3 is 0 Å². The Balaban J connectivity index is 1.31. The number of halogens is 2. The second-order valence-electron chi connectivity index (χ2n) is 8.68. The van der Waals surface area contributed by atoms with Crippen LogP contribution < -0.4 is 15.5 Å². The van der Waals surface area contributed by atoms with Crippen LogP contribution in [0.5, 0.6) is 0 Å². The highest BCUT2D eigenvalue weighted by Crippen LogP contribution is 2.24. The summed E-state index contributed by atoms with van der Waals surface area (Å²) in [4.78, 5) is 29.7. The SMILES string of the molecule is O=C(NC1CCN(c2ccccc2C(=O)NCCN2CCCC2)CC1)c1ccc(F)cc1F. The highest BCUT2D eigenvalue weighted by molar-refractivity contribution is 5.99. The molecule has 0 atom stereocenters. The third-order valence-corrected chi connectivity index (χ3v) is 6.41. The van der Waals surface area contributed by atoms with Crippen LogP contribution in [-0.2, 0) is 0 Å². The molecule has 0 bridgehead atoms. The van der Waals surface area contributed by atoms with E-state index in [1.807, 2.05) is 24.3 Å². The molecule has 0 radical (unpaired) electrons. The van der Waals surface area contributed by atoms with Gasteiger partial charge in [-0.15, -0.1) is 0 Å². The van der Waals surface area contributed by atoms with E-state index in [4.69, 9.17) is 0 Å². The molecule has 176 valence electrons. The number of nitrogens with one attached hydrogen (secondary N) is 2. The molecule has 2 fully saturated rings. The highest BCUT2D eigenvalue weighted by atomic mass is 19.1. The zero-order valence-corrected chi connectivity index (χ0v) is 18.7. The van der Waals surface area contributed by atoms with Gasteiger partial charge in [0.05, 0.1) is 11.1 Å². The monoisotopic (exact) mass is 456 g/mol. The van der Waals surface area contributed by atoms with Gasteiger partial charge in [-0.05, 0) is 63.0 Å². The number of benzene rings is 2. The lowest BCUT2D eigenvalue weighted by molar-refractivity contribution is 0.0925. The molecule has 2 aromatic rings. The number of carbonyl (C=O) groups excluding carboxylic acids is 2. The Morgan fingerprint density at radius 3 is 2.36 bits per heavy atom. The van der Waals surface area contributed by atoms with Crippen LogP contribution in [0.4, 0.5) is 14.5 Å². The second-order valence-corrected chi connectivity index (χ2v) is 8.68. The minimum Gasteiger partial charge on any atom is -0.371 e. The Morgan fingerprint density at radius 1 is 0.909 bits per heavy atom. The maximum atomic E-state index is 13.9. The average Bonchev–Trinajstić information content (AvgIpc) is 3.33. The van der Waals surface area contributed by atoms with Crippen molar-refractivity contribution in [3.05, 3.63) is 65.2 Å². The Kier molecular flexibility index (Phi) is 7.54. The maximum absolute atomic E-state index is 13.9. The van der Waals surface area contributed by atoms with Crippen molar-refractivity contribution >= 4 is 17.5 Å². The van der Waals surface area contributed by atoms with Crippen molar-refractivity contribution in [2.45, 2.75) is 31.7 Å². The number of hydrogen-bond acceptors (Lipinski definition) is 4. The van der Waals surface area contributed by atoms with Crippen LogP contribution in [0.2, 0.25) is 0 Å². The molecule has 2 aliphatic heterocycles. The molecule has 2 amide bonds. The molecular formula is C25H30F2N4O2. The van der Waals surface area contributed by atoms with Crippen LogP contribution in [-0.4, -0.2) is 62.0 Å². The van der Waals surface area contributed by atoms with Gasteiger partial charge in [-0.25, -0.2) is 8.78 Å². The summed E-state index contributed by atoms with van der Waals surface area (Å²) in [6.45, 7) is 5.02. The molecule has 2 heterocycles. The van der Waals surface area contributed by atoms with E-state index in [-0.39, 0.29) is 17.5 Å². The fraction of sp³-hybridized carbons (Fsp3) is 0.440. The lowest BCUT2D eigenvalue weighted by atomic mass is 10.0. The zero-order valence-electron chi connectivity index (χ0n) is 18.7. The normalized spacial score (nSPS) is 17.2. The van der Waals surface area contributed by atoms with Crippen LogP contribution in [0.3, 0.4) is 0 Å². The van der Waals surface area contributed by atoms with Crippen LogP contribution in [0.1, 0.15) is 46.4 Å². The summed E-state index contributed by atoms with van der Waals surface area (Å²) in [6.07, 6.45) is 3.79. The topological polar surface area (TPSA) is 64.7 Å². The van der Waals surface area contributed by atoms with Gasteiger partial charge in [0.2, 0.25) is 0 Å². The van der Waals surface area contributed by atoms with Gasteiger partial charge in [0.15, 0.2) is 0 Å². The van der Waals surface area contributed by atoms with Crippen LogP contribution in [0.25, 0.3) is 0 Å². The molecule has 2 saturated heterocycles. The summed E-state index contributed by atoms with van der Waals surface area (Å²) in [7, 11) is 0. The number of anilines is 1. The summed E-state index contributed by atoms with van der Waals surface area (Å²) in [5, 5.41) is 5.89. The molecule has 33 heavy (non-hydrogen) atoms. The first-order valence-corrected chi connectivity index (χ1v) is 11.6. The van der Waals surface area contributed by atoms with Crippen molar-refractivity contribution < 1.29 is 18.4 Å². The van der Waals surface area contributed by atoms with Crippen molar-refractivity contribution in [2.75, 3.05) is 44.2 Å². The molecule has 2 N–H and O–H groups in total.